The lowest BCUT2D eigenvalue weighted by Gasteiger charge is -1.96. The summed E-state index contributed by atoms with van der Waals surface area (Å²) in [6.45, 7) is 0. The van der Waals surface area contributed by atoms with E-state index < -0.39 is 0 Å². The summed E-state index contributed by atoms with van der Waals surface area (Å²) in [6.07, 6.45) is 5.16. The molecular weight excluding hydrogens is 340 g/mol. The normalized spacial score (nSPS) is 11.7. The molecule has 0 bridgehead atoms. The molecule has 27 heavy (non-hydrogen) atoms. The molecular formula is C20H12N6O. The number of H-pyrrole nitrogens is 2. The highest BCUT2D eigenvalue weighted by Gasteiger charge is 2.11. The van der Waals surface area contributed by atoms with Crippen molar-refractivity contribution in [3.8, 4) is 22.7 Å². The predicted octanol–water partition coefficient (Wildman–Crippen LogP) is 4.31. The number of fused-ring (bicyclic) bond motifs is 3. The fourth-order valence-corrected chi connectivity index (χ4v) is 3.28. The van der Waals surface area contributed by atoms with Crippen molar-refractivity contribution in [2.24, 2.45) is 0 Å². The molecule has 0 aliphatic rings. The molecule has 128 valence electrons. The number of nitrogens with one attached hydrogen (secondary N) is 2. The zero-order valence-electron chi connectivity index (χ0n) is 14.0. The van der Waals surface area contributed by atoms with Crippen molar-refractivity contribution >= 4 is 33.3 Å². The molecule has 0 aliphatic carbocycles. The minimum Gasteiger partial charge on any atom is -0.438 e. The largest absolute Gasteiger partial charge is 0.438 e. The lowest BCUT2D eigenvalue weighted by molar-refractivity contribution is 0.618. The first-order valence-corrected chi connectivity index (χ1v) is 8.48. The third kappa shape index (κ3) is 2.22. The van der Waals surface area contributed by atoms with E-state index in [2.05, 4.69) is 36.0 Å². The summed E-state index contributed by atoms with van der Waals surface area (Å²) in [5, 5.41) is 1.96. The van der Waals surface area contributed by atoms with Crippen molar-refractivity contribution in [3.05, 3.63) is 61.2 Å². The Morgan fingerprint density at radius 2 is 1.89 bits per heavy atom. The van der Waals surface area contributed by atoms with Crippen LogP contribution in [0.25, 0.3) is 56.0 Å². The smallest absolute Gasteiger partial charge is 0.226 e. The van der Waals surface area contributed by atoms with E-state index in [0.29, 0.717) is 5.71 Å². The van der Waals surface area contributed by atoms with E-state index in [1.54, 1.807) is 18.7 Å². The number of rotatable bonds is 2. The summed E-state index contributed by atoms with van der Waals surface area (Å²) in [6, 6.07) is 13.8. The van der Waals surface area contributed by atoms with Gasteiger partial charge in [0.2, 0.25) is 5.71 Å². The number of nitrogens with zero attached hydrogens (tertiary/aromatic N) is 4. The van der Waals surface area contributed by atoms with Gasteiger partial charge in [-0.3, -0.25) is 0 Å². The van der Waals surface area contributed by atoms with E-state index in [-0.39, 0.29) is 0 Å². The van der Waals surface area contributed by atoms with Gasteiger partial charge in [-0.15, -0.1) is 0 Å². The number of hydrogen-bond donors (Lipinski definition) is 2. The Hall–Kier alpha value is -4.00. The van der Waals surface area contributed by atoms with Gasteiger partial charge in [0.25, 0.3) is 0 Å². The lowest BCUT2D eigenvalue weighted by atomic mass is 10.1. The Morgan fingerprint density at radius 3 is 2.85 bits per heavy atom. The van der Waals surface area contributed by atoms with Crippen LogP contribution < -0.4 is 0 Å². The molecule has 6 heterocycles. The molecule has 7 nitrogen and oxygen atoms in total. The van der Waals surface area contributed by atoms with Gasteiger partial charge in [-0.05, 0) is 42.5 Å². The number of aromatic amines is 2. The second-order valence-corrected chi connectivity index (χ2v) is 6.32. The lowest BCUT2D eigenvalue weighted by Crippen LogP contribution is -1.84. The molecule has 0 radical (unpaired) electrons. The fraction of sp³-hybridized carbons (Fsp3) is 0. The number of pyridine rings is 3. The van der Waals surface area contributed by atoms with E-state index >= 15 is 0 Å². The van der Waals surface area contributed by atoms with Crippen LogP contribution in [0.2, 0.25) is 0 Å². The quantitative estimate of drug-likeness (QED) is 0.484. The van der Waals surface area contributed by atoms with Gasteiger partial charge in [0.1, 0.15) is 16.9 Å². The maximum atomic E-state index is 5.85. The molecule has 7 heteroatoms. The van der Waals surface area contributed by atoms with E-state index in [4.69, 9.17) is 4.42 Å². The summed E-state index contributed by atoms with van der Waals surface area (Å²) in [7, 11) is 0. The second kappa shape index (κ2) is 5.25. The van der Waals surface area contributed by atoms with Crippen molar-refractivity contribution in [1.82, 2.24) is 29.9 Å². The predicted molar refractivity (Wildman–Crippen MR) is 102 cm³/mol. The Bertz CT molecular complexity index is 1410. The molecule has 0 unspecified atom stereocenters. The van der Waals surface area contributed by atoms with Crippen molar-refractivity contribution in [2.75, 3.05) is 0 Å². The van der Waals surface area contributed by atoms with Gasteiger partial charge in [-0.25, -0.2) is 19.9 Å². The maximum absolute atomic E-state index is 5.85. The van der Waals surface area contributed by atoms with Crippen molar-refractivity contribution in [3.63, 3.8) is 0 Å². The van der Waals surface area contributed by atoms with Crippen molar-refractivity contribution in [1.29, 1.82) is 0 Å². The van der Waals surface area contributed by atoms with Crippen LogP contribution in [0.1, 0.15) is 0 Å². The SMILES string of the molecule is c1cnc2oc(-c3cnc4[nH]c(-c5ccc6nc[nH]c6n5)cc4c3)cc2c1. The van der Waals surface area contributed by atoms with Gasteiger partial charge in [0, 0.05) is 28.7 Å². The van der Waals surface area contributed by atoms with E-state index in [9.17, 15) is 0 Å². The highest BCUT2D eigenvalue weighted by atomic mass is 16.3. The van der Waals surface area contributed by atoms with Crippen LogP contribution in [0.3, 0.4) is 0 Å². The van der Waals surface area contributed by atoms with Crippen LogP contribution in [0.4, 0.5) is 0 Å². The molecule has 6 aromatic heterocycles. The van der Waals surface area contributed by atoms with Crippen LogP contribution in [0.15, 0.2) is 65.6 Å². The summed E-state index contributed by atoms with van der Waals surface area (Å²) >= 11 is 0. The highest BCUT2D eigenvalue weighted by Crippen LogP contribution is 2.30. The first-order valence-electron chi connectivity index (χ1n) is 8.48. The molecule has 0 amide bonds. The minimum atomic E-state index is 0.624. The number of imidazole rings is 1. The highest BCUT2D eigenvalue weighted by molar-refractivity contribution is 5.88. The van der Waals surface area contributed by atoms with E-state index in [0.717, 1.165) is 50.3 Å². The Balaban J connectivity index is 1.46. The number of aromatic nitrogens is 6. The third-order valence-corrected chi connectivity index (χ3v) is 4.60. The van der Waals surface area contributed by atoms with Crippen LogP contribution in [-0.2, 0) is 0 Å². The Kier molecular flexibility index (Phi) is 2.76. The third-order valence-electron chi connectivity index (χ3n) is 4.60. The molecule has 0 saturated heterocycles. The average Bonchev–Trinajstić information content (AvgIpc) is 3.42. The molecule has 2 N–H and O–H groups in total. The fourth-order valence-electron chi connectivity index (χ4n) is 3.28. The van der Waals surface area contributed by atoms with Gasteiger partial charge in [0.05, 0.1) is 17.7 Å². The van der Waals surface area contributed by atoms with Crippen LogP contribution in [0, 0.1) is 0 Å². The number of hydrogen-bond acceptors (Lipinski definition) is 5. The van der Waals surface area contributed by atoms with Gasteiger partial charge < -0.3 is 14.4 Å². The Morgan fingerprint density at radius 1 is 0.889 bits per heavy atom. The van der Waals surface area contributed by atoms with E-state index in [1.807, 2.05) is 36.4 Å². The zero-order valence-corrected chi connectivity index (χ0v) is 14.0. The van der Waals surface area contributed by atoms with Gasteiger partial charge in [-0.2, -0.15) is 0 Å². The molecule has 6 rings (SSSR count). The van der Waals surface area contributed by atoms with Gasteiger partial charge >= 0.3 is 0 Å². The standard InChI is InChI=1S/C20H12N6O/c1-2-11-8-17(27-20(11)21-5-1)13-6-12-7-16(26-18(12)22-9-13)14-3-4-15-19(25-14)24-10-23-15/h1-10H,(H,22,26)(H,23,24,25). The summed E-state index contributed by atoms with van der Waals surface area (Å²) in [4.78, 5) is 24.0. The number of furan rings is 1. The topological polar surface area (TPSA) is 96.3 Å². The Labute approximate surface area is 152 Å². The molecule has 0 aliphatic heterocycles. The summed E-state index contributed by atoms with van der Waals surface area (Å²) < 4.78 is 5.85. The zero-order chi connectivity index (χ0) is 17.8. The van der Waals surface area contributed by atoms with Gasteiger partial charge in [0.15, 0.2) is 5.65 Å². The molecule has 0 fully saturated rings. The van der Waals surface area contributed by atoms with Crippen molar-refractivity contribution in [2.45, 2.75) is 0 Å². The molecule has 0 spiro atoms. The van der Waals surface area contributed by atoms with Crippen LogP contribution >= 0.6 is 0 Å². The summed E-state index contributed by atoms with van der Waals surface area (Å²) in [5.74, 6) is 0.748. The van der Waals surface area contributed by atoms with Crippen molar-refractivity contribution < 1.29 is 4.42 Å². The molecule has 0 saturated carbocycles. The minimum absolute atomic E-state index is 0.624. The second-order valence-electron chi connectivity index (χ2n) is 6.32. The van der Waals surface area contributed by atoms with Gasteiger partial charge in [-0.1, -0.05) is 0 Å². The van der Waals surface area contributed by atoms with Crippen LogP contribution in [-0.4, -0.2) is 29.9 Å². The molecule has 6 aromatic rings. The molecule has 0 atom stereocenters. The monoisotopic (exact) mass is 352 g/mol. The first kappa shape index (κ1) is 14.2. The summed E-state index contributed by atoms with van der Waals surface area (Å²) in [5.41, 5.74) is 5.66. The van der Waals surface area contributed by atoms with E-state index in [1.165, 1.54) is 0 Å². The average molecular weight is 352 g/mol. The van der Waals surface area contributed by atoms with Crippen LogP contribution in [0.5, 0.6) is 0 Å². The first-order chi connectivity index (χ1) is 13.3. The maximum Gasteiger partial charge on any atom is 0.226 e. The molecule has 0 aromatic carbocycles.